The average molecular weight is 282 g/mol. The standard InChI is InChI=1S/C11H14N4O3S/c1-7-5-12-4-3-9(7)15-19(17,18)11-8(2)13-14-10(11)6-16/h3-5,16H,6H2,1-2H3,(H,12,15)(H,13,14). The lowest BCUT2D eigenvalue weighted by Crippen LogP contribution is -2.16. The van der Waals surface area contributed by atoms with E-state index in [0.29, 0.717) is 16.9 Å². The van der Waals surface area contributed by atoms with Gasteiger partial charge in [-0.1, -0.05) is 0 Å². The molecule has 0 unspecified atom stereocenters. The van der Waals surface area contributed by atoms with Gasteiger partial charge in [-0.25, -0.2) is 8.42 Å². The number of nitrogens with one attached hydrogen (secondary N) is 2. The first-order chi connectivity index (χ1) is 8.95. The minimum Gasteiger partial charge on any atom is -0.390 e. The topological polar surface area (TPSA) is 108 Å². The quantitative estimate of drug-likeness (QED) is 0.765. The van der Waals surface area contributed by atoms with E-state index in [0.717, 1.165) is 0 Å². The Morgan fingerprint density at radius 3 is 2.79 bits per heavy atom. The molecule has 0 spiro atoms. The van der Waals surface area contributed by atoms with Gasteiger partial charge in [0.1, 0.15) is 10.6 Å². The number of anilines is 1. The normalized spacial score (nSPS) is 11.5. The molecular formula is C11H14N4O3S. The number of pyridine rings is 1. The number of aliphatic hydroxyl groups excluding tert-OH is 1. The number of aryl methyl sites for hydroxylation is 2. The highest BCUT2D eigenvalue weighted by Gasteiger charge is 2.24. The van der Waals surface area contributed by atoms with Crippen molar-refractivity contribution in [1.29, 1.82) is 0 Å². The van der Waals surface area contributed by atoms with Gasteiger partial charge in [0.15, 0.2) is 0 Å². The van der Waals surface area contributed by atoms with Gasteiger partial charge in [-0.3, -0.25) is 14.8 Å². The van der Waals surface area contributed by atoms with Crippen LogP contribution >= 0.6 is 0 Å². The second kappa shape index (κ2) is 4.98. The molecule has 0 radical (unpaired) electrons. The van der Waals surface area contributed by atoms with Gasteiger partial charge in [0.25, 0.3) is 10.0 Å². The Morgan fingerprint density at radius 1 is 1.42 bits per heavy atom. The van der Waals surface area contributed by atoms with Crippen molar-refractivity contribution in [2.45, 2.75) is 25.3 Å². The number of hydrogen-bond acceptors (Lipinski definition) is 5. The second-order valence-electron chi connectivity index (χ2n) is 4.08. The van der Waals surface area contributed by atoms with Crippen LogP contribution in [0.2, 0.25) is 0 Å². The van der Waals surface area contributed by atoms with Crippen molar-refractivity contribution in [2.24, 2.45) is 0 Å². The molecule has 0 amide bonds. The number of nitrogens with zero attached hydrogens (tertiary/aromatic N) is 2. The number of H-pyrrole nitrogens is 1. The van der Waals surface area contributed by atoms with Crippen LogP contribution in [0, 0.1) is 13.8 Å². The molecule has 2 aromatic rings. The van der Waals surface area contributed by atoms with Crippen molar-refractivity contribution >= 4 is 15.7 Å². The fourth-order valence-electron chi connectivity index (χ4n) is 1.72. The maximum Gasteiger partial charge on any atom is 0.265 e. The van der Waals surface area contributed by atoms with E-state index in [1.54, 1.807) is 26.1 Å². The Morgan fingerprint density at radius 2 is 2.16 bits per heavy atom. The molecule has 0 saturated carbocycles. The van der Waals surface area contributed by atoms with Gasteiger partial charge in [0, 0.05) is 12.4 Å². The van der Waals surface area contributed by atoms with Gasteiger partial charge >= 0.3 is 0 Å². The van der Waals surface area contributed by atoms with Gasteiger partial charge < -0.3 is 5.11 Å². The van der Waals surface area contributed by atoms with Crippen LogP contribution in [0.4, 0.5) is 5.69 Å². The summed E-state index contributed by atoms with van der Waals surface area (Å²) >= 11 is 0. The van der Waals surface area contributed by atoms with Crippen molar-refractivity contribution in [2.75, 3.05) is 4.72 Å². The largest absolute Gasteiger partial charge is 0.390 e. The van der Waals surface area contributed by atoms with E-state index in [1.807, 2.05) is 0 Å². The SMILES string of the molecule is Cc1cnccc1NS(=O)(=O)c1c(CO)n[nH]c1C. The summed E-state index contributed by atoms with van der Waals surface area (Å²) in [4.78, 5) is 3.87. The lowest BCUT2D eigenvalue weighted by molar-refractivity contribution is 0.273. The predicted molar refractivity (Wildman–Crippen MR) is 69.0 cm³/mol. The molecular weight excluding hydrogens is 268 g/mol. The highest BCUT2D eigenvalue weighted by molar-refractivity contribution is 7.92. The Hall–Kier alpha value is -1.93. The molecule has 3 N–H and O–H groups in total. The molecule has 2 rings (SSSR count). The summed E-state index contributed by atoms with van der Waals surface area (Å²) in [6.45, 7) is 2.88. The van der Waals surface area contributed by atoms with Crippen molar-refractivity contribution in [3.63, 3.8) is 0 Å². The van der Waals surface area contributed by atoms with Crippen molar-refractivity contribution in [3.05, 3.63) is 35.4 Å². The zero-order chi connectivity index (χ0) is 14.0. The Balaban J connectivity index is 2.44. The number of rotatable bonds is 4. The maximum atomic E-state index is 12.3. The molecule has 19 heavy (non-hydrogen) atoms. The highest BCUT2D eigenvalue weighted by atomic mass is 32.2. The van der Waals surface area contributed by atoms with Crippen molar-refractivity contribution in [3.8, 4) is 0 Å². The van der Waals surface area contributed by atoms with Crippen LogP contribution < -0.4 is 4.72 Å². The van der Waals surface area contributed by atoms with Crippen LogP contribution in [0.25, 0.3) is 0 Å². The minimum absolute atomic E-state index is 0.0220. The molecule has 0 aromatic carbocycles. The van der Waals surface area contributed by atoms with Gasteiger partial charge in [-0.2, -0.15) is 5.10 Å². The number of aromatic amines is 1. The molecule has 0 atom stereocenters. The number of aliphatic hydroxyl groups is 1. The molecule has 0 bridgehead atoms. The lowest BCUT2D eigenvalue weighted by atomic mass is 10.3. The minimum atomic E-state index is -3.80. The third-order valence-corrected chi connectivity index (χ3v) is 4.21. The summed E-state index contributed by atoms with van der Waals surface area (Å²) in [6, 6.07) is 1.57. The summed E-state index contributed by atoms with van der Waals surface area (Å²) in [5.74, 6) is 0. The summed E-state index contributed by atoms with van der Waals surface area (Å²) in [6.07, 6.45) is 3.06. The molecule has 0 aliphatic rings. The molecule has 2 aromatic heterocycles. The Labute approximate surface area is 110 Å². The van der Waals surface area contributed by atoms with Gasteiger partial charge in [-0.05, 0) is 25.5 Å². The van der Waals surface area contributed by atoms with Gasteiger partial charge in [0.05, 0.1) is 18.0 Å². The van der Waals surface area contributed by atoms with Crippen LogP contribution in [0.15, 0.2) is 23.4 Å². The lowest BCUT2D eigenvalue weighted by Gasteiger charge is -2.10. The van der Waals surface area contributed by atoms with Crippen LogP contribution in [0.3, 0.4) is 0 Å². The average Bonchev–Trinajstić information content (AvgIpc) is 2.74. The number of sulfonamides is 1. The first-order valence-electron chi connectivity index (χ1n) is 5.54. The number of hydrogen-bond donors (Lipinski definition) is 3. The van der Waals surface area contributed by atoms with E-state index in [9.17, 15) is 8.42 Å². The summed E-state index contributed by atoms with van der Waals surface area (Å²) in [5.41, 5.74) is 1.62. The van der Waals surface area contributed by atoms with Crippen LogP contribution in [0.5, 0.6) is 0 Å². The zero-order valence-corrected chi connectivity index (χ0v) is 11.3. The number of aromatic nitrogens is 3. The van der Waals surface area contributed by atoms with E-state index in [4.69, 9.17) is 5.11 Å². The van der Waals surface area contributed by atoms with Crippen LogP contribution in [-0.2, 0) is 16.6 Å². The monoisotopic (exact) mass is 282 g/mol. The smallest absolute Gasteiger partial charge is 0.265 e. The summed E-state index contributed by atoms with van der Waals surface area (Å²) in [7, 11) is -3.80. The summed E-state index contributed by atoms with van der Waals surface area (Å²) < 4.78 is 27.1. The molecule has 102 valence electrons. The predicted octanol–water partition coefficient (Wildman–Crippen LogP) is 0.715. The first-order valence-corrected chi connectivity index (χ1v) is 7.02. The van der Waals surface area contributed by atoms with Crippen molar-refractivity contribution < 1.29 is 13.5 Å². The highest BCUT2D eigenvalue weighted by Crippen LogP contribution is 2.22. The van der Waals surface area contributed by atoms with E-state index in [-0.39, 0.29) is 10.6 Å². The van der Waals surface area contributed by atoms with Gasteiger partial charge in [-0.15, -0.1) is 0 Å². The van der Waals surface area contributed by atoms with Gasteiger partial charge in [0.2, 0.25) is 0 Å². The van der Waals surface area contributed by atoms with E-state index in [1.165, 1.54) is 6.20 Å². The third-order valence-electron chi connectivity index (χ3n) is 2.64. The van der Waals surface area contributed by atoms with E-state index >= 15 is 0 Å². The summed E-state index contributed by atoms with van der Waals surface area (Å²) in [5, 5.41) is 15.4. The Bertz CT molecular complexity index is 694. The first kappa shape index (κ1) is 13.5. The molecule has 2 heterocycles. The molecule has 7 nitrogen and oxygen atoms in total. The molecule has 0 aliphatic carbocycles. The van der Waals surface area contributed by atoms with Crippen molar-refractivity contribution in [1.82, 2.24) is 15.2 Å². The van der Waals surface area contributed by atoms with Crippen LogP contribution in [0.1, 0.15) is 17.0 Å². The second-order valence-corrected chi connectivity index (χ2v) is 5.70. The van der Waals surface area contributed by atoms with E-state index in [2.05, 4.69) is 19.9 Å². The molecule has 8 heteroatoms. The molecule has 0 fully saturated rings. The molecule has 0 aliphatic heterocycles. The van der Waals surface area contributed by atoms with Crippen LogP contribution in [-0.4, -0.2) is 28.7 Å². The zero-order valence-electron chi connectivity index (χ0n) is 10.5. The van der Waals surface area contributed by atoms with E-state index < -0.39 is 16.6 Å². The Kier molecular flexibility index (Phi) is 3.54. The maximum absolute atomic E-state index is 12.3. The third kappa shape index (κ3) is 2.59. The fourth-order valence-corrected chi connectivity index (χ4v) is 3.21. The molecule has 0 saturated heterocycles. The fraction of sp³-hybridized carbons (Fsp3) is 0.273.